The number of rotatable bonds is 7. The van der Waals surface area contributed by atoms with Crippen LogP contribution in [0, 0.1) is 18.3 Å². The third-order valence-corrected chi connectivity index (χ3v) is 7.68. The molecule has 0 radical (unpaired) electrons. The summed E-state index contributed by atoms with van der Waals surface area (Å²) in [5.41, 5.74) is -1.64. The third-order valence-electron chi connectivity index (χ3n) is 6.61. The van der Waals surface area contributed by atoms with Gasteiger partial charge in [-0.1, -0.05) is 19.8 Å². The van der Waals surface area contributed by atoms with Crippen LogP contribution in [0.15, 0.2) is 15.8 Å². The van der Waals surface area contributed by atoms with Gasteiger partial charge in [-0.25, -0.2) is 4.79 Å². The van der Waals surface area contributed by atoms with Crippen LogP contribution < -0.4 is 11.2 Å². The van der Waals surface area contributed by atoms with Gasteiger partial charge < -0.3 is 18.5 Å². The monoisotopic (exact) mass is 437 g/mol. The lowest BCUT2D eigenvalue weighted by molar-refractivity contribution is -0.260. The molecule has 1 aromatic heterocycles. The number of aromatic amines is 1. The van der Waals surface area contributed by atoms with Crippen molar-refractivity contribution in [3.8, 4) is 6.07 Å². The van der Waals surface area contributed by atoms with Crippen molar-refractivity contribution in [2.45, 2.75) is 82.0 Å². The first kappa shape index (κ1) is 21.7. The van der Waals surface area contributed by atoms with Gasteiger partial charge in [-0.3, -0.25) is 14.3 Å². The van der Waals surface area contributed by atoms with E-state index in [4.69, 9.17) is 23.8 Å². The zero-order valence-corrected chi connectivity index (χ0v) is 18.4. The van der Waals surface area contributed by atoms with Gasteiger partial charge in [0.15, 0.2) is 14.6 Å². The first-order valence-electron chi connectivity index (χ1n) is 10.5. The fraction of sp³-hybridized carbons (Fsp3) is 0.750. The van der Waals surface area contributed by atoms with Crippen molar-refractivity contribution in [2.75, 3.05) is 13.3 Å². The molecule has 5 atom stereocenters. The summed E-state index contributed by atoms with van der Waals surface area (Å²) >= 11 is 0. The largest absolute Gasteiger partial charge is 0.361 e. The number of ether oxygens (including phenoxy) is 2. The Morgan fingerprint density at radius 3 is 2.77 bits per heavy atom. The number of nitriles is 1. The van der Waals surface area contributed by atoms with Crippen LogP contribution in [0.5, 0.6) is 0 Å². The molecule has 10 heteroatoms. The molecule has 2 saturated heterocycles. The Bertz CT molecular complexity index is 949. The van der Waals surface area contributed by atoms with E-state index in [1.54, 1.807) is 6.92 Å². The molecule has 164 valence electrons. The van der Waals surface area contributed by atoms with E-state index in [9.17, 15) is 9.59 Å². The maximum absolute atomic E-state index is 12.5. The molecule has 1 aliphatic carbocycles. The zero-order chi connectivity index (χ0) is 21.5. The van der Waals surface area contributed by atoms with E-state index in [0.717, 1.165) is 25.7 Å². The topological polar surface area (TPSA) is 116 Å². The molecule has 3 heterocycles. The van der Waals surface area contributed by atoms with E-state index >= 15 is 0 Å². The highest BCUT2D eigenvalue weighted by molar-refractivity contribution is 7.46. The highest BCUT2D eigenvalue weighted by Gasteiger charge is 2.74. The van der Waals surface area contributed by atoms with Gasteiger partial charge in [-0.05, 0) is 26.2 Å². The van der Waals surface area contributed by atoms with Crippen molar-refractivity contribution in [2.24, 2.45) is 0 Å². The van der Waals surface area contributed by atoms with Crippen molar-refractivity contribution < 1.29 is 18.5 Å². The van der Waals surface area contributed by atoms with Crippen LogP contribution in [0.4, 0.5) is 0 Å². The molecule has 30 heavy (non-hydrogen) atoms. The number of nitrogens with one attached hydrogen (secondary N) is 1. The van der Waals surface area contributed by atoms with Crippen molar-refractivity contribution in [1.29, 1.82) is 5.26 Å². The highest BCUT2D eigenvalue weighted by Crippen LogP contribution is 2.63. The molecule has 1 N–H and O–H groups in total. The highest BCUT2D eigenvalue weighted by atomic mass is 31.2. The van der Waals surface area contributed by atoms with Gasteiger partial charge in [0.25, 0.3) is 5.56 Å². The van der Waals surface area contributed by atoms with Crippen LogP contribution in [0.3, 0.4) is 0 Å². The average Bonchev–Trinajstić information content (AvgIpc) is 3.37. The zero-order valence-electron chi connectivity index (χ0n) is 17.6. The van der Waals surface area contributed by atoms with Crippen LogP contribution in [-0.4, -0.2) is 46.2 Å². The van der Waals surface area contributed by atoms with Crippen LogP contribution in [0.2, 0.25) is 0 Å². The molecule has 0 amide bonds. The number of H-pyrrole nitrogens is 1. The maximum atomic E-state index is 12.5. The van der Waals surface area contributed by atoms with Crippen LogP contribution in [0.1, 0.15) is 57.2 Å². The van der Waals surface area contributed by atoms with E-state index in [1.165, 1.54) is 10.8 Å². The summed E-state index contributed by atoms with van der Waals surface area (Å²) in [4.78, 5) is 26.7. The minimum atomic E-state index is -1.25. The number of aryl methyl sites for hydroxylation is 1. The Morgan fingerprint density at radius 1 is 1.37 bits per heavy atom. The van der Waals surface area contributed by atoms with Gasteiger partial charge in [0, 0.05) is 18.4 Å². The summed E-state index contributed by atoms with van der Waals surface area (Å²) in [5.74, 6) is 0. The second-order valence-corrected chi connectivity index (χ2v) is 9.57. The molecule has 3 aliphatic rings. The lowest BCUT2D eigenvalue weighted by Crippen LogP contribution is -2.56. The minimum Gasteiger partial charge on any atom is -0.361 e. The second-order valence-electron chi connectivity index (χ2n) is 8.22. The molecule has 2 unspecified atom stereocenters. The summed E-state index contributed by atoms with van der Waals surface area (Å²) in [6, 6.07) is 2.06. The van der Waals surface area contributed by atoms with E-state index in [-0.39, 0.29) is 0 Å². The first-order valence-corrected chi connectivity index (χ1v) is 12.1. The number of fused-ring (bicyclic) bond motifs is 3. The molecule has 4 rings (SSSR count). The quantitative estimate of drug-likeness (QED) is 0.515. The predicted molar refractivity (Wildman–Crippen MR) is 109 cm³/mol. The fourth-order valence-corrected chi connectivity index (χ4v) is 6.27. The van der Waals surface area contributed by atoms with Crippen molar-refractivity contribution in [3.05, 3.63) is 32.6 Å². The maximum Gasteiger partial charge on any atom is 0.330 e. The molecule has 2 bridgehead atoms. The average molecular weight is 437 g/mol. The lowest BCUT2D eigenvalue weighted by Gasteiger charge is -2.45. The Balaban J connectivity index is 1.68. The molecule has 1 spiro atoms. The van der Waals surface area contributed by atoms with Gasteiger partial charge in [-0.15, -0.1) is 0 Å². The molecule has 3 fully saturated rings. The number of aromatic nitrogens is 2. The van der Waals surface area contributed by atoms with E-state index < -0.39 is 49.3 Å². The van der Waals surface area contributed by atoms with E-state index in [0.29, 0.717) is 25.0 Å². The molecule has 1 saturated carbocycles. The fourth-order valence-electron chi connectivity index (χ4n) is 5.25. The Morgan fingerprint density at radius 2 is 2.10 bits per heavy atom. The van der Waals surface area contributed by atoms with Crippen LogP contribution >= 0.6 is 8.38 Å². The lowest BCUT2D eigenvalue weighted by atomic mass is 9.78. The van der Waals surface area contributed by atoms with Crippen molar-refractivity contribution in [1.82, 2.24) is 9.55 Å². The van der Waals surface area contributed by atoms with E-state index in [1.807, 2.05) is 6.66 Å². The third kappa shape index (κ3) is 3.26. The Labute approximate surface area is 176 Å². The van der Waals surface area contributed by atoms with E-state index in [2.05, 4.69) is 18.0 Å². The first-order chi connectivity index (χ1) is 14.4. The summed E-state index contributed by atoms with van der Waals surface area (Å²) in [6.45, 7) is 5.88. The minimum absolute atomic E-state index is 0.300. The SMILES string of the molecule is CC[C@@]12O[C@@H](n3cc(C)c(=O)[nH]c3=O)[C@@H](OC13CCCC3)C2OP(C)OCCC#N. The normalized spacial score (nSPS) is 32.5. The van der Waals surface area contributed by atoms with Crippen LogP contribution in [-0.2, 0) is 18.5 Å². The van der Waals surface area contributed by atoms with Crippen LogP contribution in [0.25, 0.3) is 0 Å². The van der Waals surface area contributed by atoms with Gasteiger partial charge in [0.2, 0.25) is 0 Å². The van der Waals surface area contributed by atoms with Crippen molar-refractivity contribution in [3.63, 3.8) is 0 Å². The summed E-state index contributed by atoms with van der Waals surface area (Å²) in [5, 5.41) is 8.74. The van der Waals surface area contributed by atoms with Gasteiger partial charge in [0.05, 0.1) is 19.1 Å². The van der Waals surface area contributed by atoms with Gasteiger partial charge >= 0.3 is 5.69 Å². The standard InChI is InChI=1S/C20H28N3O6P/c1-4-20-15(29-30(3)26-11-7-10-21)14(27-19(20)8-5-6-9-19)17(28-20)23-12-13(2)16(24)22-18(23)25/h12,14-15,17H,4-9,11H2,1-3H3,(H,22,24,25)/t14-,15?,17+,20-,30?/m0/s1. The number of hydrogen-bond donors (Lipinski definition) is 1. The number of hydrogen-bond acceptors (Lipinski definition) is 7. The predicted octanol–water partition coefficient (Wildman–Crippen LogP) is 2.49. The van der Waals surface area contributed by atoms with Crippen molar-refractivity contribution >= 4 is 8.38 Å². The molecular weight excluding hydrogens is 409 g/mol. The summed E-state index contributed by atoms with van der Waals surface area (Å²) in [7, 11) is -1.25. The number of nitrogens with zero attached hydrogens (tertiary/aromatic N) is 2. The molecule has 0 aromatic carbocycles. The summed E-state index contributed by atoms with van der Waals surface area (Å²) in [6.07, 6.45) is 4.82. The molecule has 1 aromatic rings. The summed E-state index contributed by atoms with van der Waals surface area (Å²) < 4.78 is 26.7. The second kappa shape index (κ2) is 8.18. The van der Waals surface area contributed by atoms with Gasteiger partial charge in [-0.2, -0.15) is 5.26 Å². The smallest absolute Gasteiger partial charge is 0.330 e. The molecule has 2 aliphatic heterocycles. The van der Waals surface area contributed by atoms with Gasteiger partial charge in [0.1, 0.15) is 23.4 Å². The molecule has 9 nitrogen and oxygen atoms in total. The molecular formula is C20H28N3O6P. The Hall–Kier alpha value is -1.56. The Kier molecular flexibility index (Phi) is 5.90.